The van der Waals surface area contributed by atoms with Gasteiger partial charge in [0.2, 0.25) is 0 Å². The van der Waals surface area contributed by atoms with Crippen LogP contribution in [0.2, 0.25) is 5.15 Å². The Kier molecular flexibility index (Phi) is 2.80. The minimum absolute atomic E-state index is 0.0424. The van der Waals surface area contributed by atoms with E-state index >= 15 is 0 Å². The van der Waals surface area contributed by atoms with E-state index in [0.29, 0.717) is 11.3 Å². The van der Waals surface area contributed by atoms with Crippen molar-refractivity contribution in [3.8, 4) is 17.3 Å². The fourth-order valence-corrected chi connectivity index (χ4v) is 1.49. The number of halogens is 2. The average Bonchev–Trinajstić information content (AvgIpc) is 2.31. The van der Waals surface area contributed by atoms with Gasteiger partial charge >= 0.3 is 0 Å². The fourth-order valence-electron chi connectivity index (χ4n) is 1.27. The third-order valence-electron chi connectivity index (χ3n) is 2.01. The van der Waals surface area contributed by atoms with E-state index in [1.165, 1.54) is 30.6 Å². The van der Waals surface area contributed by atoms with Crippen molar-refractivity contribution in [1.82, 2.24) is 9.97 Å². The summed E-state index contributed by atoms with van der Waals surface area (Å²) in [7, 11) is 0. The molecule has 16 heavy (non-hydrogen) atoms. The second-order valence-corrected chi connectivity index (χ2v) is 3.36. The molecule has 2 aromatic rings. The van der Waals surface area contributed by atoms with Crippen LogP contribution in [0.3, 0.4) is 0 Å². The molecule has 1 aromatic heterocycles. The molecular weight excluding hydrogens is 229 g/mol. The quantitative estimate of drug-likeness (QED) is 0.761. The third kappa shape index (κ3) is 1.86. The lowest BCUT2D eigenvalue weighted by Crippen LogP contribution is -1.90. The molecule has 0 aliphatic heterocycles. The first-order chi connectivity index (χ1) is 7.72. The summed E-state index contributed by atoms with van der Waals surface area (Å²) in [6, 6.07) is 5.87. The second-order valence-electron chi connectivity index (χ2n) is 3.00. The van der Waals surface area contributed by atoms with Crippen molar-refractivity contribution in [3.63, 3.8) is 0 Å². The summed E-state index contributed by atoms with van der Waals surface area (Å²) < 4.78 is 13.1. The van der Waals surface area contributed by atoms with Gasteiger partial charge < -0.3 is 0 Å². The minimum atomic E-state index is -0.564. The number of nitriles is 1. The predicted octanol–water partition coefficient (Wildman–Crippen LogP) is 2.81. The standard InChI is InChI=1S/C11H5ClFN3/c12-11-10(15-3-4-16-11)7-1-2-9(13)8(5-7)6-14/h1-5H. The van der Waals surface area contributed by atoms with Crippen molar-refractivity contribution in [1.29, 1.82) is 5.26 Å². The highest BCUT2D eigenvalue weighted by Gasteiger charge is 2.08. The molecule has 0 unspecified atom stereocenters. The van der Waals surface area contributed by atoms with Crippen LogP contribution in [0.1, 0.15) is 5.56 Å². The first-order valence-electron chi connectivity index (χ1n) is 4.39. The number of rotatable bonds is 1. The summed E-state index contributed by atoms with van der Waals surface area (Å²) >= 11 is 5.84. The summed E-state index contributed by atoms with van der Waals surface area (Å²) in [6.45, 7) is 0. The van der Waals surface area contributed by atoms with E-state index in [9.17, 15) is 4.39 Å². The predicted molar refractivity (Wildman–Crippen MR) is 57.2 cm³/mol. The molecule has 78 valence electrons. The van der Waals surface area contributed by atoms with Gasteiger partial charge in [0.15, 0.2) is 5.15 Å². The van der Waals surface area contributed by atoms with Gasteiger partial charge in [0.1, 0.15) is 17.6 Å². The van der Waals surface area contributed by atoms with E-state index in [-0.39, 0.29) is 10.7 Å². The molecule has 2 rings (SSSR count). The van der Waals surface area contributed by atoms with Crippen LogP contribution in [0.4, 0.5) is 4.39 Å². The van der Waals surface area contributed by atoms with Gasteiger partial charge in [-0.05, 0) is 18.2 Å². The molecule has 3 nitrogen and oxygen atoms in total. The maximum Gasteiger partial charge on any atom is 0.155 e. The van der Waals surface area contributed by atoms with Crippen LogP contribution in [0, 0.1) is 17.1 Å². The van der Waals surface area contributed by atoms with Gasteiger partial charge in [-0.15, -0.1) is 0 Å². The molecule has 0 aliphatic carbocycles. The summed E-state index contributed by atoms with van der Waals surface area (Å²) in [5, 5.41) is 8.92. The van der Waals surface area contributed by atoms with E-state index in [1.54, 1.807) is 6.07 Å². The highest BCUT2D eigenvalue weighted by atomic mass is 35.5. The lowest BCUT2D eigenvalue weighted by atomic mass is 10.1. The van der Waals surface area contributed by atoms with Gasteiger partial charge in [-0.3, -0.25) is 4.98 Å². The monoisotopic (exact) mass is 233 g/mol. The number of aromatic nitrogens is 2. The largest absolute Gasteiger partial charge is 0.251 e. The lowest BCUT2D eigenvalue weighted by molar-refractivity contribution is 0.624. The van der Waals surface area contributed by atoms with Crippen molar-refractivity contribution < 1.29 is 4.39 Å². The molecule has 0 atom stereocenters. The zero-order valence-corrected chi connectivity index (χ0v) is 8.74. The molecule has 0 saturated heterocycles. The average molecular weight is 234 g/mol. The van der Waals surface area contributed by atoms with Crippen molar-refractivity contribution in [2.24, 2.45) is 0 Å². The molecular formula is C11H5ClFN3. The molecule has 5 heteroatoms. The zero-order valence-electron chi connectivity index (χ0n) is 7.98. The van der Waals surface area contributed by atoms with Gasteiger partial charge in [0.25, 0.3) is 0 Å². The van der Waals surface area contributed by atoms with Crippen LogP contribution in [-0.2, 0) is 0 Å². The zero-order chi connectivity index (χ0) is 11.5. The molecule has 1 aromatic carbocycles. The molecule has 0 aliphatic rings. The highest BCUT2D eigenvalue weighted by Crippen LogP contribution is 2.24. The van der Waals surface area contributed by atoms with Gasteiger partial charge in [-0.2, -0.15) is 5.26 Å². The Bertz CT molecular complexity index is 578. The smallest absolute Gasteiger partial charge is 0.155 e. The van der Waals surface area contributed by atoms with Crippen molar-refractivity contribution in [3.05, 3.63) is 47.1 Å². The Morgan fingerprint density at radius 1 is 1.25 bits per heavy atom. The van der Waals surface area contributed by atoms with Gasteiger partial charge in [-0.1, -0.05) is 11.6 Å². The number of hydrogen-bond acceptors (Lipinski definition) is 3. The Labute approximate surface area is 96.2 Å². The number of benzene rings is 1. The van der Waals surface area contributed by atoms with E-state index < -0.39 is 5.82 Å². The second kappa shape index (κ2) is 4.25. The van der Waals surface area contributed by atoms with Crippen LogP contribution >= 0.6 is 11.6 Å². The topological polar surface area (TPSA) is 49.6 Å². The van der Waals surface area contributed by atoms with Crippen molar-refractivity contribution in [2.75, 3.05) is 0 Å². The molecule has 0 bridgehead atoms. The Morgan fingerprint density at radius 2 is 2.00 bits per heavy atom. The summed E-state index contributed by atoms with van der Waals surface area (Å²) in [4.78, 5) is 7.89. The first kappa shape index (κ1) is 10.5. The van der Waals surface area contributed by atoms with Gasteiger partial charge in [-0.25, -0.2) is 9.37 Å². The highest BCUT2D eigenvalue weighted by molar-refractivity contribution is 6.31. The lowest BCUT2D eigenvalue weighted by Gasteiger charge is -2.02. The number of nitrogens with zero attached hydrogens (tertiary/aromatic N) is 3. The first-order valence-corrected chi connectivity index (χ1v) is 4.76. The van der Waals surface area contributed by atoms with Crippen LogP contribution in [-0.4, -0.2) is 9.97 Å². The Balaban J connectivity index is 2.59. The minimum Gasteiger partial charge on any atom is -0.251 e. The molecule has 0 fully saturated rings. The molecule has 0 spiro atoms. The normalized spacial score (nSPS) is 9.81. The summed E-state index contributed by atoms with van der Waals surface area (Å²) in [5.74, 6) is -0.564. The Hall–Kier alpha value is -1.99. The van der Waals surface area contributed by atoms with E-state index in [0.717, 1.165) is 0 Å². The maximum atomic E-state index is 13.1. The SMILES string of the molecule is N#Cc1cc(-c2nccnc2Cl)ccc1F. The van der Waals surface area contributed by atoms with E-state index in [1.807, 2.05) is 0 Å². The molecule has 1 heterocycles. The van der Waals surface area contributed by atoms with E-state index in [2.05, 4.69) is 9.97 Å². The molecule has 0 amide bonds. The number of hydrogen-bond donors (Lipinski definition) is 0. The van der Waals surface area contributed by atoms with Crippen molar-refractivity contribution in [2.45, 2.75) is 0 Å². The van der Waals surface area contributed by atoms with Crippen molar-refractivity contribution >= 4 is 11.6 Å². The fraction of sp³-hybridized carbons (Fsp3) is 0. The van der Waals surface area contributed by atoms with Gasteiger partial charge in [0, 0.05) is 18.0 Å². The van der Waals surface area contributed by atoms with Gasteiger partial charge in [0.05, 0.1) is 5.56 Å². The molecule has 0 N–H and O–H groups in total. The molecule has 0 radical (unpaired) electrons. The van der Waals surface area contributed by atoms with Crippen LogP contribution in [0.25, 0.3) is 11.3 Å². The van der Waals surface area contributed by atoms with Crippen LogP contribution in [0.15, 0.2) is 30.6 Å². The Morgan fingerprint density at radius 3 is 2.69 bits per heavy atom. The van der Waals surface area contributed by atoms with Crippen LogP contribution in [0.5, 0.6) is 0 Å². The van der Waals surface area contributed by atoms with Crippen LogP contribution < -0.4 is 0 Å². The maximum absolute atomic E-state index is 13.1. The molecule has 0 saturated carbocycles. The van der Waals surface area contributed by atoms with E-state index in [4.69, 9.17) is 16.9 Å². The summed E-state index contributed by atoms with van der Waals surface area (Å²) in [5.41, 5.74) is 0.955. The third-order valence-corrected chi connectivity index (χ3v) is 2.29. The summed E-state index contributed by atoms with van der Waals surface area (Å²) in [6.07, 6.45) is 2.94.